The minimum absolute atomic E-state index is 0.00689. The van der Waals surface area contributed by atoms with E-state index in [-0.39, 0.29) is 23.4 Å². The molecule has 22 heavy (non-hydrogen) atoms. The van der Waals surface area contributed by atoms with Crippen molar-refractivity contribution in [3.8, 4) is 0 Å². The molecule has 3 nitrogen and oxygen atoms in total. The van der Waals surface area contributed by atoms with E-state index in [1.807, 2.05) is 4.90 Å². The van der Waals surface area contributed by atoms with E-state index in [0.717, 1.165) is 18.4 Å². The Morgan fingerprint density at radius 1 is 1.36 bits per heavy atom. The Morgan fingerprint density at radius 3 is 2.77 bits per heavy atom. The van der Waals surface area contributed by atoms with Gasteiger partial charge >= 0.3 is 0 Å². The van der Waals surface area contributed by atoms with Crippen molar-refractivity contribution in [2.45, 2.75) is 51.5 Å². The second-order valence-corrected chi connectivity index (χ2v) is 6.81. The number of ether oxygens (including phenoxy) is 1. The summed E-state index contributed by atoms with van der Waals surface area (Å²) in [4.78, 5) is 14.1. The summed E-state index contributed by atoms with van der Waals surface area (Å²) in [6.45, 7) is 5.44. The van der Waals surface area contributed by atoms with E-state index in [0.29, 0.717) is 13.2 Å². The first-order chi connectivity index (χ1) is 10.5. The third kappa shape index (κ3) is 2.92. The fraction of sp³-hybridized carbons (Fsp3) is 0.500. The SMILES string of the molecule is CC1(C)OCc2cc(CN(C(=O)CCl)C3CC=CC3)ccc21. The van der Waals surface area contributed by atoms with Crippen LogP contribution < -0.4 is 0 Å². The third-order valence-electron chi connectivity index (χ3n) is 4.62. The highest BCUT2D eigenvalue weighted by molar-refractivity contribution is 6.27. The van der Waals surface area contributed by atoms with Crippen molar-refractivity contribution in [1.29, 1.82) is 0 Å². The van der Waals surface area contributed by atoms with Crippen molar-refractivity contribution in [1.82, 2.24) is 4.90 Å². The average molecular weight is 320 g/mol. The van der Waals surface area contributed by atoms with Gasteiger partial charge in [0.15, 0.2) is 0 Å². The number of hydrogen-bond acceptors (Lipinski definition) is 2. The number of carbonyl (C=O) groups is 1. The molecule has 1 aliphatic heterocycles. The van der Waals surface area contributed by atoms with Crippen molar-refractivity contribution in [3.63, 3.8) is 0 Å². The maximum atomic E-state index is 12.2. The summed E-state index contributed by atoms with van der Waals surface area (Å²) in [6.07, 6.45) is 6.11. The second-order valence-electron chi connectivity index (χ2n) is 6.54. The van der Waals surface area contributed by atoms with E-state index >= 15 is 0 Å². The van der Waals surface area contributed by atoms with Crippen LogP contribution >= 0.6 is 11.6 Å². The van der Waals surface area contributed by atoms with Gasteiger partial charge in [0.05, 0.1) is 12.2 Å². The van der Waals surface area contributed by atoms with Gasteiger partial charge in [-0.25, -0.2) is 0 Å². The molecule has 3 rings (SSSR count). The molecular weight excluding hydrogens is 298 g/mol. The van der Waals surface area contributed by atoms with E-state index in [1.165, 1.54) is 11.1 Å². The molecule has 2 aliphatic rings. The van der Waals surface area contributed by atoms with Crippen molar-refractivity contribution in [2.75, 3.05) is 5.88 Å². The Bertz CT molecular complexity index is 601. The van der Waals surface area contributed by atoms with Gasteiger partial charge in [-0.15, -0.1) is 11.6 Å². The Kier molecular flexibility index (Phi) is 4.28. The highest BCUT2D eigenvalue weighted by Crippen LogP contribution is 2.36. The molecule has 1 amide bonds. The van der Waals surface area contributed by atoms with E-state index in [1.54, 1.807) is 0 Å². The largest absolute Gasteiger partial charge is 0.366 e. The molecular formula is C18H22ClNO2. The number of carbonyl (C=O) groups excluding carboxylic acids is 1. The van der Waals surface area contributed by atoms with Crippen LogP contribution in [-0.2, 0) is 28.3 Å². The summed E-state index contributed by atoms with van der Waals surface area (Å²) in [5.41, 5.74) is 3.40. The Hall–Kier alpha value is -1.32. The fourth-order valence-electron chi connectivity index (χ4n) is 3.34. The van der Waals surface area contributed by atoms with Crippen LogP contribution in [0.25, 0.3) is 0 Å². The molecule has 0 radical (unpaired) electrons. The zero-order chi connectivity index (χ0) is 15.7. The smallest absolute Gasteiger partial charge is 0.238 e. The van der Waals surface area contributed by atoms with E-state index < -0.39 is 0 Å². The quantitative estimate of drug-likeness (QED) is 0.625. The molecule has 1 heterocycles. The molecule has 118 valence electrons. The maximum Gasteiger partial charge on any atom is 0.238 e. The van der Waals surface area contributed by atoms with Crippen LogP contribution in [0.1, 0.15) is 43.4 Å². The highest BCUT2D eigenvalue weighted by Gasteiger charge is 2.31. The number of rotatable bonds is 4. The van der Waals surface area contributed by atoms with Crippen LogP contribution in [0.5, 0.6) is 0 Å². The first kappa shape index (κ1) is 15.6. The topological polar surface area (TPSA) is 29.5 Å². The first-order valence-corrected chi connectivity index (χ1v) is 8.31. The van der Waals surface area contributed by atoms with Gasteiger partial charge in [-0.05, 0) is 43.4 Å². The van der Waals surface area contributed by atoms with Crippen LogP contribution in [-0.4, -0.2) is 22.7 Å². The zero-order valence-corrected chi connectivity index (χ0v) is 13.9. The molecule has 0 aromatic heterocycles. The Morgan fingerprint density at radius 2 is 2.09 bits per heavy atom. The number of alkyl halides is 1. The Balaban J connectivity index is 1.80. The number of hydrogen-bond donors (Lipinski definition) is 0. The van der Waals surface area contributed by atoms with Gasteiger partial charge in [0, 0.05) is 12.6 Å². The number of fused-ring (bicyclic) bond motifs is 1. The van der Waals surface area contributed by atoms with E-state index in [9.17, 15) is 4.79 Å². The predicted octanol–water partition coefficient (Wildman–Crippen LogP) is 3.74. The minimum atomic E-state index is -0.213. The summed E-state index contributed by atoms with van der Waals surface area (Å²) < 4.78 is 5.83. The van der Waals surface area contributed by atoms with Gasteiger partial charge in [-0.2, -0.15) is 0 Å². The minimum Gasteiger partial charge on any atom is -0.366 e. The highest BCUT2D eigenvalue weighted by atomic mass is 35.5. The molecule has 4 heteroatoms. The monoisotopic (exact) mass is 319 g/mol. The molecule has 0 spiro atoms. The lowest BCUT2D eigenvalue weighted by Gasteiger charge is -2.29. The fourth-order valence-corrected chi connectivity index (χ4v) is 3.49. The Labute approximate surface area is 136 Å². The van der Waals surface area contributed by atoms with Gasteiger partial charge < -0.3 is 9.64 Å². The molecule has 0 saturated carbocycles. The van der Waals surface area contributed by atoms with Crippen molar-refractivity contribution >= 4 is 17.5 Å². The summed E-state index contributed by atoms with van der Waals surface area (Å²) in [6, 6.07) is 6.65. The average Bonchev–Trinajstić information content (AvgIpc) is 3.12. The van der Waals surface area contributed by atoms with Gasteiger partial charge in [-0.1, -0.05) is 30.4 Å². The van der Waals surface area contributed by atoms with Crippen LogP contribution in [0, 0.1) is 0 Å². The van der Waals surface area contributed by atoms with E-state index in [2.05, 4.69) is 44.2 Å². The van der Waals surface area contributed by atoms with Gasteiger partial charge in [0.25, 0.3) is 0 Å². The van der Waals surface area contributed by atoms with Crippen LogP contribution in [0.4, 0.5) is 0 Å². The lowest BCUT2D eigenvalue weighted by molar-refractivity contribution is -0.131. The van der Waals surface area contributed by atoms with Crippen molar-refractivity contribution < 1.29 is 9.53 Å². The molecule has 1 aromatic rings. The standard InChI is InChI=1S/C18H22ClNO2/c1-18(2)16-8-7-13(9-14(16)12-22-18)11-20(17(21)10-19)15-5-3-4-6-15/h3-4,7-9,15H,5-6,10-12H2,1-2H3. The van der Waals surface area contributed by atoms with Gasteiger partial charge in [0.1, 0.15) is 5.88 Å². The molecule has 0 fully saturated rings. The predicted molar refractivity (Wildman–Crippen MR) is 87.7 cm³/mol. The zero-order valence-electron chi connectivity index (χ0n) is 13.1. The van der Waals surface area contributed by atoms with Gasteiger partial charge in [0.2, 0.25) is 5.91 Å². The maximum absolute atomic E-state index is 12.2. The number of benzene rings is 1. The molecule has 0 bridgehead atoms. The van der Waals surface area contributed by atoms with Crippen molar-refractivity contribution in [3.05, 3.63) is 47.0 Å². The number of amides is 1. The summed E-state index contributed by atoms with van der Waals surface area (Å²) in [5.74, 6) is 0.0462. The van der Waals surface area contributed by atoms with Crippen molar-refractivity contribution in [2.24, 2.45) is 0 Å². The van der Waals surface area contributed by atoms with E-state index in [4.69, 9.17) is 16.3 Å². The summed E-state index contributed by atoms with van der Waals surface area (Å²) in [5, 5.41) is 0. The number of nitrogens with zero attached hydrogens (tertiary/aromatic N) is 1. The van der Waals surface area contributed by atoms with Gasteiger partial charge in [-0.3, -0.25) is 4.79 Å². The van der Waals surface area contributed by atoms with Crippen LogP contribution in [0.2, 0.25) is 0 Å². The summed E-state index contributed by atoms with van der Waals surface area (Å²) >= 11 is 5.79. The molecule has 0 N–H and O–H groups in total. The first-order valence-electron chi connectivity index (χ1n) is 7.78. The summed E-state index contributed by atoms with van der Waals surface area (Å²) in [7, 11) is 0. The van der Waals surface area contributed by atoms with Crippen LogP contribution in [0.3, 0.4) is 0 Å². The molecule has 0 unspecified atom stereocenters. The molecule has 1 aromatic carbocycles. The lowest BCUT2D eigenvalue weighted by atomic mass is 9.94. The number of halogens is 1. The second kappa shape index (κ2) is 6.05. The molecule has 0 atom stereocenters. The van der Waals surface area contributed by atoms with Crippen LogP contribution in [0.15, 0.2) is 30.4 Å². The third-order valence-corrected chi connectivity index (χ3v) is 4.85. The molecule has 0 saturated heterocycles. The molecule has 1 aliphatic carbocycles. The normalized spacial score (nSPS) is 19.4. The lowest BCUT2D eigenvalue weighted by Crippen LogP contribution is -2.39.